The Hall–Kier alpha value is -18.9. The second-order valence-corrected chi connectivity index (χ2v) is 41.6. The molecule has 8 nitrogen and oxygen atoms in total. The summed E-state index contributed by atoms with van der Waals surface area (Å²) in [5, 5.41) is 15.2. The third-order valence-corrected chi connectivity index (χ3v) is 31.9. The number of benzene rings is 21. The van der Waals surface area contributed by atoms with E-state index >= 15 is 0 Å². The molecular weight excluding hydrogens is 1820 g/mol. The predicted octanol–water partition coefficient (Wildman–Crippen LogP) is 36.7. The molecule has 30 rings (SSSR count). The molecule has 8 heteroatoms. The van der Waals surface area contributed by atoms with Crippen LogP contribution in [0.25, 0.3) is 250 Å². The Labute approximate surface area is 870 Å². The smallest absolute Gasteiger partial charge is 0.161 e. The summed E-state index contributed by atoms with van der Waals surface area (Å²) in [6.45, 7) is 14.2. The Bertz CT molecular complexity index is 9070. The summed E-state index contributed by atoms with van der Waals surface area (Å²) in [6.07, 6.45) is 0. The lowest BCUT2D eigenvalue weighted by molar-refractivity contribution is 0.666. The minimum atomic E-state index is -0.163. The molecular formula is C142H100N8. The molecule has 0 radical (unpaired) electrons. The fourth-order valence-corrected chi connectivity index (χ4v) is 25.0. The summed E-state index contributed by atoms with van der Waals surface area (Å²) in [6, 6.07) is 179. The minimum absolute atomic E-state index is 0.123. The number of rotatable bonds is 12. The van der Waals surface area contributed by atoms with Crippen LogP contribution in [-0.4, -0.2) is 38.6 Å². The zero-order valence-electron chi connectivity index (χ0n) is 83.9. The van der Waals surface area contributed by atoms with Crippen molar-refractivity contribution in [3.63, 3.8) is 0 Å². The van der Waals surface area contributed by atoms with Gasteiger partial charge in [-0.25, -0.2) is 24.9 Å². The third kappa shape index (κ3) is 14.4. The van der Waals surface area contributed by atoms with Gasteiger partial charge < -0.3 is 13.7 Å². The molecule has 0 atom stereocenters. The highest BCUT2D eigenvalue weighted by atomic mass is 15.0. The number of nitrogens with zero attached hydrogens (tertiary/aromatic N) is 8. The highest BCUT2D eigenvalue weighted by Crippen LogP contribution is 2.60. The van der Waals surface area contributed by atoms with Gasteiger partial charge in [-0.1, -0.05) is 424 Å². The molecule has 708 valence electrons. The molecule has 3 aliphatic rings. The van der Waals surface area contributed by atoms with Gasteiger partial charge in [0.25, 0.3) is 0 Å². The quantitative estimate of drug-likeness (QED) is 0.122. The average molecular weight is 1920 g/mol. The summed E-state index contributed by atoms with van der Waals surface area (Å²) < 4.78 is 7.07. The summed E-state index contributed by atoms with van der Waals surface area (Å²) in [5.74, 6) is 1.46. The van der Waals surface area contributed by atoms with Crippen molar-refractivity contribution in [1.29, 1.82) is 0 Å². The Morgan fingerprint density at radius 3 is 0.747 bits per heavy atom. The van der Waals surface area contributed by atoms with Gasteiger partial charge >= 0.3 is 0 Å². The van der Waals surface area contributed by atoms with E-state index in [0.717, 1.165) is 107 Å². The molecule has 0 bridgehead atoms. The van der Waals surface area contributed by atoms with Crippen LogP contribution in [0, 0.1) is 0 Å². The van der Waals surface area contributed by atoms with Gasteiger partial charge in [0.2, 0.25) is 0 Å². The molecule has 6 heterocycles. The molecule has 0 amide bonds. The maximum Gasteiger partial charge on any atom is 0.161 e. The largest absolute Gasteiger partial charge is 0.309 e. The molecule has 6 aromatic heterocycles. The topological polar surface area (TPSA) is 79.2 Å². The Morgan fingerprint density at radius 2 is 0.400 bits per heavy atom. The first-order valence-corrected chi connectivity index (χ1v) is 51.9. The molecule has 0 aliphatic heterocycles. The first-order valence-electron chi connectivity index (χ1n) is 51.9. The van der Waals surface area contributed by atoms with Crippen LogP contribution in [0.5, 0.6) is 0 Å². The molecule has 0 spiro atoms. The third-order valence-electron chi connectivity index (χ3n) is 31.9. The van der Waals surface area contributed by atoms with Crippen LogP contribution >= 0.6 is 0 Å². The van der Waals surface area contributed by atoms with Crippen LogP contribution in [0.15, 0.2) is 497 Å². The summed E-state index contributed by atoms with van der Waals surface area (Å²) in [4.78, 5) is 26.5. The van der Waals surface area contributed by atoms with E-state index in [1.165, 1.54) is 176 Å². The molecule has 21 aromatic carbocycles. The molecule has 27 aromatic rings. The van der Waals surface area contributed by atoms with E-state index in [-0.39, 0.29) is 16.2 Å². The maximum atomic E-state index is 5.38. The summed E-state index contributed by atoms with van der Waals surface area (Å²) >= 11 is 0. The van der Waals surface area contributed by atoms with Crippen molar-refractivity contribution in [3.8, 4) is 152 Å². The van der Waals surface area contributed by atoms with Gasteiger partial charge in [0.15, 0.2) is 11.6 Å². The van der Waals surface area contributed by atoms with Crippen molar-refractivity contribution < 1.29 is 0 Å². The van der Waals surface area contributed by atoms with Crippen LogP contribution in [0.4, 0.5) is 0 Å². The molecule has 0 saturated heterocycles. The van der Waals surface area contributed by atoms with E-state index in [0.29, 0.717) is 0 Å². The van der Waals surface area contributed by atoms with Crippen LogP contribution < -0.4 is 0 Å². The van der Waals surface area contributed by atoms with E-state index in [1.54, 1.807) is 0 Å². The standard InChI is InChI=1S/C48H34N2.2C47H33N3/c1-48(2)41-21-11-8-20-39(41)46-40(28-33-16-6-7-17-36(33)47(46)48)34-29-42(31-14-4-3-5-15-31)49-43(30-34)32-24-26-35(27-25-32)50-44-22-12-9-18-37(44)38-19-10-13-23-45(38)50;1-47(2)39-21-11-8-20-37(39)44-38(28-32-16-6-7-17-34(32)45(44)47)41-29-40(48-46(49-41)31-14-4-3-5-15-31)30-24-26-33(27-25-30)50-42-22-12-9-18-35(42)36-19-10-13-23-43(36)50;1-47(2)39-21-11-8-20-37(39)44-38(28-32-16-6-7-17-34(32)45(44)47)46-48-40(30-14-4-3-5-15-30)29-41(49-46)31-24-26-33(27-25-31)50-42-22-12-9-18-35(42)36-19-10-13-23-43(36)50/h3-30H,1-2H3;2*3-29H,1-2H3. The van der Waals surface area contributed by atoms with E-state index in [9.17, 15) is 0 Å². The van der Waals surface area contributed by atoms with Crippen LogP contribution in [0.3, 0.4) is 0 Å². The van der Waals surface area contributed by atoms with Crippen LogP contribution in [0.2, 0.25) is 0 Å². The van der Waals surface area contributed by atoms with Crippen molar-refractivity contribution in [2.24, 2.45) is 0 Å². The fraction of sp³-hybridized carbons (Fsp3) is 0.0634. The number of hydrogen-bond donors (Lipinski definition) is 0. The van der Waals surface area contributed by atoms with Crippen molar-refractivity contribution in [2.45, 2.75) is 57.8 Å². The van der Waals surface area contributed by atoms with E-state index in [1.807, 2.05) is 6.07 Å². The molecule has 0 saturated carbocycles. The first-order chi connectivity index (χ1) is 73.7. The average Bonchev–Trinajstić information content (AvgIpc) is 1.55. The molecule has 0 unspecified atom stereocenters. The fourth-order valence-electron chi connectivity index (χ4n) is 25.0. The number of hydrogen-bond acceptors (Lipinski definition) is 5. The lowest BCUT2D eigenvalue weighted by atomic mass is 9.79. The minimum Gasteiger partial charge on any atom is -0.309 e. The Morgan fingerprint density at radius 1 is 0.160 bits per heavy atom. The molecule has 0 N–H and O–H groups in total. The number of pyridine rings is 1. The van der Waals surface area contributed by atoms with Crippen molar-refractivity contribution in [1.82, 2.24) is 38.6 Å². The van der Waals surface area contributed by atoms with E-state index in [4.69, 9.17) is 24.9 Å². The normalized spacial score (nSPS) is 13.2. The van der Waals surface area contributed by atoms with Crippen LogP contribution in [0.1, 0.15) is 74.9 Å². The SMILES string of the molecule is CC1(C)c2ccccc2-c2c(-c3cc(-c4ccc(-n5c6ccccc6c6ccccc65)cc4)nc(-c4ccccc4)n3)cc3ccccc3c21.CC1(C)c2ccccc2-c2c(-c3cc(-c4ccccc4)nc(-c4ccc(-n5c6ccccc6c6ccccc65)cc4)c3)cc3ccccc3c21.CC1(C)c2ccccc2-c2c(-c3nc(-c4ccccc4)cc(-c4ccc(-n5c6ccccc6c6ccccc65)cc4)n3)cc3ccccc3c21. The van der Waals surface area contributed by atoms with Crippen molar-refractivity contribution >= 4 is 97.7 Å². The monoisotopic (exact) mass is 1920 g/mol. The van der Waals surface area contributed by atoms with Gasteiger partial charge in [-0.2, -0.15) is 0 Å². The highest BCUT2D eigenvalue weighted by molar-refractivity contribution is 6.14. The van der Waals surface area contributed by atoms with E-state index < -0.39 is 0 Å². The number of aromatic nitrogens is 8. The second-order valence-electron chi connectivity index (χ2n) is 41.6. The molecule has 150 heavy (non-hydrogen) atoms. The number of para-hydroxylation sites is 6. The molecule has 0 fully saturated rings. The van der Waals surface area contributed by atoms with Gasteiger partial charge in [0.1, 0.15) is 0 Å². The van der Waals surface area contributed by atoms with Gasteiger partial charge in [-0.3, -0.25) is 0 Å². The van der Waals surface area contributed by atoms with Gasteiger partial charge in [-0.15, -0.1) is 0 Å². The summed E-state index contributed by atoms with van der Waals surface area (Å²) in [5.41, 5.74) is 42.6. The van der Waals surface area contributed by atoms with Gasteiger partial charge in [0.05, 0.1) is 67.3 Å². The Kier molecular flexibility index (Phi) is 20.9. The predicted molar refractivity (Wildman–Crippen MR) is 625 cm³/mol. The lowest BCUT2D eigenvalue weighted by Crippen LogP contribution is -2.15. The van der Waals surface area contributed by atoms with Crippen molar-refractivity contribution in [3.05, 3.63) is 531 Å². The lowest BCUT2D eigenvalue weighted by Gasteiger charge is -2.24. The van der Waals surface area contributed by atoms with Crippen LogP contribution in [-0.2, 0) is 16.2 Å². The maximum absolute atomic E-state index is 5.38. The first kappa shape index (κ1) is 88.8. The van der Waals surface area contributed by atoms with Crippen molar-refractivity contribution in [2.75, 3.05) is 0 Å². The van der Waals surface area contributed by atoms with Gasteiger partial charge in [-0.05, 0) is 225 Å². The number of fused-ring (bicyclic) bond motifs is 24. The van der Waals surface area contributed by atoms with E-state index in [2.05, 4.69) is 547 Å². The summed E-state index contributed by atoms with van der Waals surface area (Å²) in [7, 11) is 0. The molecule has 3 aliphatic carbocycles. The zero-order chi connectivity index (χ0) is 100. The van der Waals surface area contributed by atoms with Gasteiger partial charge in [0, 0.05) is 110 Å². The Balaban J connectivity index is 0.000000108. The highest BCUT2D eigenvalue weighted by Gasteiger charge is 2.43. The second kappa shape index (κ2) is 35.2. The zero-order valence-corrected chi connectivity index (χ0v) is 83.9.